The van der Waals surface area contributed by atoms with E-state index in [0.717, 1.165) is 51.6 Å². The van der Waals surface area contributed by atoms with Gasteiger partial charge in [-0.25, -0.2) is 4.98 Å². The molecule has 2 saturated heterocycles. The maximum atomic E-state index is 14.8. The van der Waals surface area contributed by atoms with Crippen LogP contribution in [0.25, 0.3) is 11.1 Å². The second-order valence-electron chi connectivity index (χ2n) is 13.4. The zero-order valence-corrected chi connectivity index (χ0v) is 28.4. The first kappa shape index (κ1) is 36.2. The van der Waals surface area contributed by atoms with Crippen molar-refractivity contribution in [2.24, 2.45) is 0 Å². The largest absolute Gasteiger partial charge is 0.476 e. The average molecular weight is 706 g/mol. The zero-order chi connectivity index (χ0) is 35.8. The van der Waals surface area contributed by atoms with Crippen LogP contribution in [0, 0.1) is 5.41 Å². The zero-order valence-electron chi connectivity index (χ0n) is 28.4. The number of amides is 1. The summed E-state index contributed by atoms with van der Waals surface area (Å²) in [6.45, 7) is 3.02. The second kappa shape index (κ2) is 16.2. The highest BCUT2D eigenvalue weighted by molar-refractivity contribution is 6.02. The minimum atomic E-state index is -4.55. The Labute approximate surface area is 295 Å². The number of alkyl halides is 3. The van der Waals surface area contributed by atoms with E-state index in [1.54, 1.807) is 60.7 Å². The summed E-state index contributed by atoms with van der Waals surface area (Å²) in [4.78, 5) is 18.6. The monoisotopic (exact) mass is 705 g/mol. The molecule has 0 spiro atoms. The van der Waals surface area contributed by atoms with Gasteiger partial charge in [-0.05, 0) is 85.4 Å². The summed E-state index contributed by atoms with van der Waals surface area (Å²) in [6.07, 6.45) is 5.20. The molecule has 3 N–H and O–H groups in total. The van der Waals surface area contributed by atoms with Gasteiger partial charge in [0.2, 0.25) is 17.8 Å². The molecular formula is C39H43F4N5O3. The van der Waals surface area contributed by atoms with Crippen LogP contribution in [-0.4, -0.2) is 72.5 Å². The molecule has 2 aromatic carbocycles. The number of nitrogens with one attached hydrogen (secondary N) is 3. The van der Waals surface area contributed by atoms with Crippen LogP contribution < -0.4 is 15.4 Å². The first-order valence-corrected chi connectivity index (χ1v) is 17.5. The lowest BCUT2D eigenvalue weighted by Gasteiger charge is -2.26. The molecule has 2 aliphatic heterocycles. The summed E-state index contributed by atoms with van der Waals surface area (Å²) >= 11 is 0. The standard InChI is InChI=1S/C39H43F4N5O3/c40-37(44)30-23-28(13-15-32(30)47-34-11-4-7-22-50-34)36(31(24-39(41,42)43)27-9-2-1-3-10-27)29-14-16-33(45-25-29)51-26-38(17-18-38)46-19-8-12-35(49)48-20-5-6-21-48/h1-3,8-10,12-16,23,25,34,44,46-47H,4-7,11,17-22,24,26H2/b12-8+,36-31-,44-37?. The van der Waals surface area contributed by atoms with Crippen LogP contribution in [0.3, 0.4) is 0 Å². The lowest BCUT2D eigenvalue weighted by Crippen LogP contribution is -2.37. The van der Waals surface area contributed by atoms with Crippen molar-refractivity contribution in [1.82, 2.24) is 15.2 Å². The average Bonchev–Trinajstić information content (AvgIpc) is 3.67. The molecule has 270 valence electrons. The van der Waals surface area contributed by atoms with Crippen molar-refractivity contribution in [3.05, 3.63) is 101 Å². The van der Waals surface area contributed by atoms with Gasteiger partial charge in [0, 0.05) is 55.8 Å². The van der Waals surface area contributed by atoms with Gasteiger partial charge in [-0.2, -0.15) is 17.6 Å². The maximum Gasteiger partial charge on any atom is 0.393 e. The summed E-state index contributed by atoms with van der Waals surface area (Å²) in [6, 6.07) is 16.2. The van der Waals surface area contributed by atoms with Crippen LogP contribution in [0.4, 0.5) is 23.2 Å². The van der Waals surface area contributed by atoms with E-state index in [9.17, 15) is 22.4 Å². The Balaban J connectivity index is 1.25. The number of aromatic nitrogens is 1. The van der Waals surface area contributed by atoms with Crippen LogP contribution in [0.15, 0.2) is 79.0 Å². The van der Waals surface area contributed by atoms with E-state index in [-0.39, 0.29) is 34.4 Å². The van der Waals surface area contributed by atoms with E-state index in [1.165, 1.54) is 12.3 Å². The molecule has 3 aliphatic rings. The number of hydrogen-bond acceptors (Lipinski definition) is 7. The third kappa shape index (κ3) is 9.83. The minimum Gasteiger partial charge on any atom is -0.476 e. The number of hydrogen-bond donors (Lipinski definition) is 3. The van der Waals surface area contributed by atoms with Crippen molar-refractivity contribution in [3.63, 3.8) is 0 Å². The van der Waals surface area contributed by atoms with Crippen LogP contribution in [-0.2, 0) is 9.53 Å². The number of rotatable bonds is 14. The molecule has 1 aliphatic carbocycles. The number of likely N-dealkylation sites (tertiary alicyclic amines) is 1. The van der Waals surface area contributed by atoms with Crippen molar-refractivity contribution in [2.45, 2.75) is 69.3 Å². The third-order valence-corrected chi connectivity index (χ3v) is 9.49. The Kier molecular flexibility index (Phi) is 11.5. The van der Waals surface area contributed by atoms with E-state index in [2.05, 4.69) is 15.6 Å². The number of pyridine rings is 1. The smallest absolute Gasteiger partial charge is 0.393 e. The van der Waals surface area contributed by atoms with Crippen molar-refractivity contribution in [3.8, 4) is 5.88 Å². The van der Waals surface area contributed by atoms with Crippen LogP contribution in [0.1, 0.15) is 73.6 Å². The SMILES string of the molecule is N=C(F)c1cc(/C(=C(\CC(F)(F)F)c2ccccc2)c2ccc(OCC3(NC/C=C/C(=O)N4CCCC4)CC3)nc2)ccc1NC1CCCCO1. The molecule has 1 aromatic heterocycles. The highest BCUT2D eigenvalue weighted by Crippen LogP contribution is 2.41. The quantitative estimate of drug-likeness (QED) is 0.0683. The van der Waals surface area contributed by atoms with Gasteiger partial charge in [-0.15, -0.1) is 0 Å². The Hall–Kier alpha value is -4.55. The fraction of sp³-hybridized carbons (Fsp3) is 0.410. The molecule has 8 nitrogen and oxygen atoms in total. The van der Waals surface area contributed by atoms with E-state index >= 15 is 0 Å². The molecule has 3 aromatic rings. The fourth-order valence-electron chi connectivity index (χ4n) is 6.55. The number of benzene rings is 2. The fourth-order valence-corrected chi connectivity index (χ4v) is 6.55. The van der Waals surface area contributed by atoms with Gasteiger partial charge in [-0.1, -0.05) is 42.5 Å². The van der Waals surface area contributed by atoms with E-state index in [1.807, 2.05) is 11.0 Å². The van der Waals surface area contributed by atoms with Gasteiger partial charge < -0.3 is 25.0 Å². The number of ether oxygens (including phenoxy) is 2. The van der Waals surface area contributed by atoms with Crippen molar-refractivity contribution < 1.29 is 31.8 Å². The third-order valence-electron chi connectivity index (χ3n) is 9.49. The van der Waals surface area contributed by atoms with E-state index in [4.69, 9.17) is 14.9 Å². The highest BCUT2D eigenvalue weighted by atomic mass is 19.4. The number of allylic oxidation sites excluding steroid dienone is 1. The number of anilines is 1. The minimum absolute atomic E-state index is 0.0105. The Bertz CT molecular complexity index is 1730. The number of nitrogens with zero attached hydrogens (tertiary/aromatic N) is 2. The highest BCUT2D eigenvalue weighted by Gasteiger charge is 2.43. The molecule has 12 heteroatoms. The molecule has 0 radical (unpaired) electrons. The van der Waals surface area contributed by atoms with Gasteiger partial charge in [0.05, 0.1) is 17.5 Å². The van der Waals surface area contributed by atoms with Crippen LogP contribution in [0.2, 0.25) is 0 Å². The first-order chi connectivity index (χ1) is 24.6. The summed E-state index contributed by atoms with van der Waals surface area (Å²) in [7, 11) is 0. The van der Waals surface area contributed by atoms with Gasteiger partial charge in [0.1, 0.15) is 12.8 Å². The van der Waals surface area contributed by atoms with E-state index in [0.29, 0.717) is 54.4 Å². The van der Waals surface area contributed by atoms with Crippen LogP contribution >= 0.6 is 0 Å². The van der Waals surface area contributed by atoms with Crippen LogP contribution in [0.5, 0.6) is 5.88 Å². The molecule has 3 fully saturated rings. The van der Waals surface area contributed by atoms with Gasteiger partial charge in [0.25, 0.3) is 0 Å². The summed E-state index contributed by atoms with van der Waals surface area (Å²) in [5.74, 6) is -0.884. The Morgan fingerprint density at radius 2 is 1.78 bits per heavy atom. The summed E-state index contributed by atoms with van der Waals surface area (Å²) < 4.78 is 69.2. The predicted octanol–water partition coefficient (Wildman–Crippen LogP) is 7.91. The number of halogens is 4. The van der Waals surface area contributed by atoms with Gasteiger partial charge >= 0.3 is 6.18 Å². The topological polar surface area (TPSA) is 99.6 Å². The van der Waals surface area contributed by atoms with Gasteiger partial charge in [-0.3, -0.25) is 10.2 Å². The molecule has 3 heterocycles. The van der Waals surface area contributed by atoms with E-state index < -0.39 is 18.6 Å². The molecule has 1 atom stereocenters. The first-order valence-electron chi connectivity index (χ1n) is 17.5. The van der Waals surface area contributed by atoms with Crippen molar-refractivity contribution in [2.75, 3.05) is 38.2 Å². The molecule has 0 bridgehead atoms. The van der Waals surface area contributed by atoms with Crippen molar-refractivity contribution in [1.29, 1.82) is 5.41 Å². The molecule has 1 amide bonds. The molecule has 1 unspecified atom stereocenters. The number of carbonyl (C=O) groups excluding carboxylic acids is 1. The lowest BCUT2D eigenvalue weighted by atomic mass is 9.87. The molecule has 51 heavy (non-hydrogen) atoms. The Morgan fingerprint density at radius 3 is 2.43 bits per heavy atom. The number of carbonyl (C=O) groups is 1. The maximum absolute atomic E-state index is 14.8. The van der Waals surface area contributed by atoms with Crippen molar-refractivity contribution >= 4 is 28.7 Å². The second-order valence-corrected chi connectivity index (χ2v) is 13.4. The molecule has 1 saturated carbocycles. The summed E-state index contributed by atoms with van der Waals surface area (Å²) in [5.41, 5.74) is 1.25. The van der Waals surface area contributed by atoms with Gasteiger partial charge in [0.15, 0.2) is 0 Å². The Morgan fingerprint density at radius 1 is 1.02 bits per heavy atom. The molecular weight excluding hydrogens is 662 g/mol. The summed E-state index contributed by atoms with van der Waals surface area (Å²) in [5, 5.41) is 14.5. The lowest BCUT2D eigenvalue weighted by molar-refractivity contribution is -0.125. The predicted molar refractivity (Wildman–Crippen MR) is 189 cm³/mol. The molecule has 6 rings (SSSR count). The normalized spacial score (nSPS) is 19.1.